The van der Waals surface area contributed by atoms with E-state index in [2.05, 4.69) is 5.32 Å². The zero-order chi connectivity index (χ0) is 17.9. The normalized spacial score (nSPS) is 15.8. The van der Waals surface area contributed by atoms with Crippen LogP contribution >= 0.6 is 0 Å². The van der Waals surface area contributed by atoms with Crippen LogP contribution in [0.25, 0.3) is 0 Å². The lowest BCUT2D eigenvalue weighted by Crippen LogP contribution is -2.25. The van der Waals surface area contributed by atoms with Gasteiger partial charge >= 0.3 is 0 Å². The fourth-order valence-corrected chi connectivity index (χ4v) is 4.26. The van der Waals surface area contributed by atoms with E-state index < -0.39 is 10.0 Å². The molecule has 1 heterocycles. The van der Waals surface area contributed by atoms with Gasteiger partial charge in [0.15, 0.2) is 6.61 Å². The van der Waals surface area contributed by atoms with Crippen LogP contribution in [0.4, 0.5) is 11.4 Å². The molecule has 1 aliphatic heterocycles. The topological polar surface area (TPSA) is 75.7 Å². The van der Waals surface area contributed by atoms with Crippen LogP contribution < -0.4 is 14.4 Å². The molecule has 0 bridgehead atoms. The van der Waals surface area contributed by atoms with E-state index in [4.69, 9.17) is 4.74 Å². The van der Waals surface area contributed by atoms with Crippen LogP contribution in [0.2, 0.25) is 0 Å². The maximum Gasteiger partial charge on any atom is 0.262 e. The van der Waals surface area contributed by atoms with Gasteiger partial charge in [0.25, 0.3) is 5.91 Å². The van der Waals surface area contributed by atoms with E-state index in [0.717, 1.165) is 5.56 Å². The fourth-order valence-electron chi connectivity index (χ4n) is 2.70. The van der Waals surface area contributed by atoms with E-state index in [9.17, 15) is 13.2 Å². The van der Waals surface area contributed by atoms with Gasteiger partial charge in [0.1, 0.15) is 5.75 Å². The van der Waals surface area contributed by atoms with Crippen LogP contribution in [-0.2, 0) is 14.8 Å². The largest absolute Gasteiger partial charge is 0.483 e. The van der Waals surface area contributed by atoms with Gasteiger partial charge in [0, 0.05) is 12.2 Å². The van der Waals surface area contributed by atoms with Crippen LogP contribution in [0, 0.1) is 6.92 Å². The Bertz CT molecular complexity index is 863. The van der Waals surface area contributed by atoms with Crippen LogP contribution in [-0.4, -0.2) is 33.2 Å². The molecule has 132 valence electrons. The molecule has 1 amide bonds. The number of para-hydroxylation sites is 1. The number of nitrogens with one attached hydrogen (secondary N) is 1. The van der Waals surface area contributed by atoms with Crippen LogP contribution in [0.15, 0.2) is 48.5 Å². The number of hydrogen-bond acceptors (Lipinski definition) is 4. The van der Waals surface area contributed by atoms with E-state index in [0.29, 0.717) is 30.1 Å². The molecular formula is C18H20N2O4S. The second-order valence-electron chi connectivity index (χ2n) is 5.89. The summed E-state index contributed by atoms with van der Waals surface area (Å²) in [6.07, 6.45) is 0.636. The molecule has 0 radical (unpaired) electrons. The summed E-state index contributed by atoms with van der Waals surface area (Å²) in [4.78, 5) is 12.0. The summed E-state index contributed by atoms with van der Waals surface area (Å²) >= 11 is 0. The number of aryl methyl sites for hydroxylation is 1. The standard InChI is InChI=1S/C18H20N2O4S/c1-14-5-2-3-6-17(14)24-13-18(21)19-15-7-9-16(10-8-15)20-11-4-12-25(20,22)23/h2-3,5-10H,4,11-13H2,1H3,(H,19,21). The lowest BCUT2D eigenvalue weighted by Gasteiger charge is -2.17. The number of sulfonamides is 1. The van der Waals surface area contributed by atoms with Crippen molar-refractivity contribution in [2.24, 2.45) is 0 Å². The van der Waals surface area contributed by atoms with Crippen LogP contribution in [0.3, 0.4) is 0 Å². The SMILES string of the molecule is Cc1ccccc1OCC(=O)Nc1ccc(N2CCCS2(=O)=O)cc1. The third kappa shape index (κ3) is 4.11. The molecule has 1 aliphatic rings. The Morgan fingerprint density at radius 2 is 1.88 bits per heavy atom. The molecule has 0 unspecified atom stereocenters. The summed E-state index contributed by atoms with van der Waals surface area (Å²) in [7, 11) is -3.19. The number of hydrogen-bond donors (Lipinski definition) is 1. The maximum atomic E-state index is 12.0. The highest BCUT2D eigenvalue weighted by Crippen LogP contribution is 2.25. The van der Waals surface area contributed by atoms with Crippen molar-refractivity contribution in [2.45, 2.75) is 13.3 Å². The van der Waals surface area contributed by atoms with Gasteiger partial charge in [-0.2, -0.15) is 0 Å². The van der Waals surface area contributed by atoms with E-state index in [1.807, 2.05) is 31.2 Å². The van der Waals surface area contributed by atoms with Gasteiger partial charge in [-0.3, -0.25) is 9.10 Å². The van der Waals surface area contributed by atoms with Gasteiger partial charge in [0.05, 0.1) is 11.4 Å². The van der Waals surface area contributed by atoms with Crippen molar-refractivity contribution in [3.63, 3.8) is 0 Å². The first-order valence-electron chi connectivity index (χ1n) is 8.04. The second kappa shape index (κ2) is 7.14. The Balaban J connectivity index is 1.58. The number of benzene rings is 2. The summed E-state index contributed by atoms with van der Waals surface area (Å²) in [5.41, 5.74) is 2.18. The van der Waals surface area contributed by atoms with E-state index in [1.165, 1.54) is 4.31 Å². The highest BCUT2D eigenvalue weighted by molar-refractivity contribution is 7.93. The first-order valence-corrected chi connectivity index (χ1v) is 9.65. The number of rotatable bonds is 5. The smallest absolute Gasteiger partial charge is 0.262 e. The number of nitrogens with zero attached hydrogens (tertiary/aromatic N) is 1. The Hall–Kier alpha value is -2.54. The highest BCUT2D eigenvalue weighted by atomic mass is 32.2. The van der Waals surface area contributed by atoms with Crippen molar-refractivity contribution in [2.75, 3.05) is 28.5 Å². The quantitative estimate of drug-likeness (QED) is 0.889. The van der Waals surface area contributed by atoms with Crippen molar-refractivity contribution >= 4 is 27.3 Å². The summed E-state index contributed by atoms with van der Waals surface area (Å²) in [6.45, 7) is 2.32. The molecule has 2 aromatic carbocycles. The number of anilines is 2. The number of carbonyl (C=O) groups is 1. The van der Waals surface area contributed by atoms with Crippen molar-refractivity contribution in [3.05, 3.63) is 54.1 Å². The fraction of sp³-hybridized carbons (Fsp3) is 0.278. The molecule has 0 aliphatic carbocycles. The molecule has 2 aromatic rings. The summed E-state index contributed by atoms with van der Waals surface area (Å²) < 4.78 is 30.7. The van der Waals surface area contributed by atoms with Gasteiger partial charge in [0.2, 0.25) is 10.0 Å². The summed E-state index contributed by atoms with van der Waals surface area (Å²) in [6, 6.07) is 14.3. The first kappa shape index (κ1) is 17.3. The van der Waals surface area contributed by atoms with Gasteiger partial charge < -0.3 is 10.1 Å². The van der Waals surface area contributed by atoms with Gasteiger partial charge in [-0.25, -0.2) is 8.42 Å². The molecule has 3 rings (SSSR count). The van der Waals surface area contributed by atoms with Crippen molar-refractivity contribution in [3.8, 4) is 5.75 Å². The van der Waals surface area contributed by atoms with Crippen molar-refractivity contribution in [1.82, 2.24) is 0 Å². The average molecular weight is 360 g/mol. The molecule has 7 heteroatoms. The van der Waals surface area contributed by atoms with Crippen molar-refractivity contribution < 1.29 is 17.9 Å². The molecule has 0 aromatic heterocycles. The lowest BCUT2D eigenvalue weighted by molar-refractivity contribution is -0.118. The van der Waals surface area contributed by atoms with Gasteiger partial charge in [-0.1, -0.05) is 18.2 Å². The van der Waals surface area contributed by atoms with E-state index >= 15 is 0 Å². The zero-order valence-electron chi connectivity index (χ0n) is 13.9. The first-order chi connectivity index (χ1) is 12.0. The molecule has 0 spiro atoms. The van der Waals surface area contributed by atoms with Crippen LogP contribution in [0.1, 0.15) is 12.0 Å². The molecule has 6 nitrogen and oxygen atoms in total. The molecule has 25 heavy (non-hydrogen) atoms. The average Bonchev–Trinajstić information content (AvgIpc) is 2.94. The predicted octanol–water partition coefficient (Wildman–Crippen LogP) is 2.55. The minimum Gasteiger partial charge on any atom is -0.483 e. The van der Waals surface area contributed by atoms with Gasteiger partial charge in [-0.05, 0) is 49.2 Å². The minimum absolute atomic E-state index is 0.0902. The number of amides is 1. The maximum absolute atomic E-state index is 12.0. The molecule has 1 N–H and O–H groups in total. The lowest BCUT2D eigenvalue weighted by atomic mass is 10.2. The zero-order valence-corrected chi connectivity index (χ0v) is 14.8. The van der Waals surface area contributed by atoms with Gasteiger partial charge in [-0.15, -0.1) is 0 Å². The third-order valence-corrected chi connectivity index (χ3v) is 5.86. The molecule has 1 saturated heterocycles. The minimum atomic E-state index is -3.19. The Morgan fingerprint density at radius 3 is 2.52 bits per heavy atom. The van der Waals surface area contributed by atoms with Crippen LogP contribution in [0.5, 0.6) is 5.75 Å². The summed E-state index contributed by atoms with van der Waals surface area (Å²) in [5, 5.41) is 2.74. The predicted molar refractivity (Wildman–Crippen MR) is 97.5 cm³/mol. The summed E-state index contributed by atoms with van der Waals surface area (Å²) in [5.74, 6) is 0.582. The van der Waals surface area contributed by atoms with E-state index in [-0.39, 0.29) is 18.3 Å². The molecule has 1 fully saturated rings. The highest BCUT2D eigenvalue weighted by Gasteiger charge is 2.28. The number of carbonyl (C=O) groups excluding carboxylic acids is 1. The molecule has 0 saturated carbocycles. The number of ether oxygens (including phenoxy) is 1. The van der Waals surface area contributed by atoms with E-state index in [1.54, 1.807) is 24.3 Å². The second-order valence-corrected chi connectivity index (χ2v) is 7.90. The Kier molecular flexibility index (Phi) is 4.94. The Labute approximate surface area is 147 Å². The Morgan fingerprint density at radius 1 is 1.16 bits per heavy atom. The van der Waals surface area contributed by atoms with Crippen molar-refractivity contribution in [1.29, 1.82) is 0 Å². The molecular weight excluding hydrogens is 340 g/mol. The third-order valence-electron chi connectivity index (χ3n) is 3.99. The molecule has 0 atom stereocenters. The monoisotopic (exact) mass is 360 g/mol.